The Labute approximate surface area is 106 Å². The lowest BCUT2D eigenvalue weighted by Gasteiger charge is -2.39. The van der Waals surface area contributed by atoms with Crippen LogP contribution >= 0.6 is 11.8 Å². The van der Waals surface area contributed by atoms with E-state index in [-0.39, 0.29) is 0 Å². The molecule has 1 saturated heterocycles. The molecule has 0 aromatic rings. The zero-order valence-electron chi connectivity index (χ0n) is 11.8. The van der Waals surface area contributed by atoms with E-state index in [1.165, 1.54) is 17.9 Å². The van der Waals surface area contributed by atoms with Crippen LogP contribution in [0.4, 0.5) is 0 Å². The van der Waals surface area contributed by atoms with Crippen molar-refractivity contribution in [3.8, 4) is 0 Å². The van der Waals surface area contributed by atoms with Gasteiger partial charge in [0.1, 0.15) is 0 Å². The van der Waals surface area contributed by atoms with E-state index in [9.17, 15) is 0 Å². The smallest absolute Gasteiger partial charge is 0.0425 e. The molecule has 0 aromatic heterocycles. The molecule has 2 nitrogen and oxygen atoms in total. The Bertz CT molecular complexity index is 214. The average Bonchev–Trinajstić information content (AvgIpc) is 2.62. The molecule has 16 heavy (non-hydrogen) atoms. The molecule has 96 valence electrons. The number of nitrogens with zero attached hydrogens (tertiary/aromatic N) is 1. The third-order valence-electron chi connectivity index (χ3n) is 4.07. The van der Waals surface area contributed by atoms with Gasteiger partial charge >= 0.3 is 0 Å². The van der Waals surface area contributed by atoms with Crippen molar-refractivity contribution in [3.05, 3.63) is 0 Å². The number of likely N-dealkylation sites (N-methyl/N-ethyl adjacent to an activating group) is 1. The maximum Gasteiger partial charge on any atom is 0.0425 e. The fraction of sp³-hybridized carbons (Fsp3) is 1.00. The van der Waals surface area contributed by atoms with Crippen molar-refractivity contribution >= 4 is 11.8 Å². The van der Waals surface area contributed by atoms with Gasteiger partial charge in [-0.1, -0.05) is 20.8 Å². The number of hydrogen-bond donors (Lipinski definition) is 1. The largest absolute Gasteiger partial charge is 0.312 e. The first kappa shape index (κ1) is 14.3. The Kier molecular flexibility index (Phi) is 4.73. The Morgan fingerprint density at radius 2 is 2.00 bits per heavy atom. The highest BCUT2D eigenvalue weighted by atomic mass is 32.2. The molecule has 2 unspecified atom stereocenters. The number of thioether (sulfide) groups is 1. The van der Waals surface area contributed by atoms with Gasteiger partial charge in [0, 0.05) is 23.9 Å². The predicted octanol–water partition coefficient (Wildman–Crippen LogP) is 2.45. The van der Waals surface area contributed by atoms with Gasteiger partial charge in [0.05, 0.1) is 0 Å². The van der Waals surface area contributed by atoms with Crippen LogP contribution in [0, 0.1) is 5.41 Å². The lowest BCUT2D eigenvalue weighted by molar-refractivity contribution is 0.157. The van der Waals surface area contributed by atoms with Crippen molar-refractivity contribution in [1.29, 1.82) is 0 Å². The van der Waals surface area contributed by atoms with Crippen molar-refractivity contribution in [2.24, 2.45) is 5.41 Å². The van der Waals surface area contributed by atoms with Crippen LogP contribution in [0.1, 0.15) is 34.1 Å². The minimum absolute atomic E-state index is 0.346. The average molecular weight is 244 g/mol. The molecular formula is C13H28N2S. The minimum Gasteiger partial charge on any atom is -0.312 e. The number of hydrogen-bond acceptors (Lipinski definition) is 3. The Balaban J connectivity index is 2.52. The highest BCUT2D eigenvalue weighted by Gasteiger charge is 2.37. The molecule has 0 spiro atoms. The number of nitrogens with one attached hydrogen (secondary N) is 1. The number of rotatable bonds is 4. The maximum absolute atomic E-state index is 3.73. The van der Waals surface area contributed by atoms with Crippen LogP contribution in [0.3, 0.4) is 0 Å². The molecule has 1 heterocycles. The highest BCUT2D eigenvalue weighted by molar-refractivity contribution is 7.99. The topological polar surface area (TPSA) is 15.3 Å². The van der Waals surface area contributed by atoms with Gasteiger partial charge in [-0.15, -0.1) is 0 Å². The zero-order valence-corrected chi connectivity index (χ0v) is 12.6. The normalized spacial score (nSPS) is 28.7. The third-order valence-corrected chi connectivity index (χ3v) is 5.30. The molecule has 0 saturated carbocycles. The van der Waals surface area contributed by atoms with E-state index in [1.807, 2.05) is 0 Å². The van der Waals surface area contributed by atoms with Crippen LogP contribution in [0.5, 0.6) is 0 Å². The van der Waals surface area contributed by atoms with Gasteiger partial charge in [-0.05, 0) is 38.6 Å². The lowest BCUT2D eigenvalue weighted by Crippen LogP contribution is -2.54. The molecule has 3 heteroatoms. The first-order valence-electron chi connectivity index (χ1n) is 6.26. The van der Waals surface area contributed by atoms with Gasteiger partial charge in [-0.25, -0.2) is 0 Å². The lowest BCUT2D eigenvalue weighted by atomic mass is 9.87. The van der Waals surface area contributed by atoms with E-state index >= 15 is 0 Å². The van der Waals surface area contributed by atoms with E-state index in [0.717, 1.165) is 6.54 Å². The highest BCUT2D eigenvalue weighted by Crippen LogP contribution is 2.32. The first-order valence-corrected chi connectivity index (χ1v) is 7.42. The van der Waals surface area contributed by atoms with Crippen molar-refractivity contribution in [2.45, 2.75) is 45.7 Å². The SMILES string of the molecule is CC(NCC1(N(C)C)CCSC1)C(C)(C)C. The van der Waals surface area contributed by atoms with Gasteiger partial charge in [0.25, 0.3) is 0 Å². The molecule has 2 atom stereocenters. The van der Waals surface area contributed by atoms with Gasteiger partial charge in [-0.3, -0.25) is 0 Å². The summed E-state index contributed by atoms with van der Waals surface area (Å²) >= 11 is 2.09. The molecule has 1 N–H and O–H groups in total. The molecular weight excluding hydrogens is 216 g/mol. The van der Waals surface area contributed by atoms with Crippen molar-refractivity contribution in [3.63, 3.8) is 0 Å². The summed E-state index contributed by atoms with van der Waals surface area (Å²) in [5.74, 6) is 2.58. The third kappa shape index (κ3) is 3.38. The van der Waals surface area contributed by atoms with Gasteiger partial charge in [0.2, 0.25) is 0 Å². The molecule has 0 bridgehead atoms. The molecule has 0 aliphatic carbocycles. The summed E-state index contributed by atoms with van der Waals surface area (Å²) < 4.78 is 0. The van der Waals surface area contributed by atoms with Crippen LogP contribution < -0.4 is 5.32 Å². The summed E-state index contributed by atoms with van der Waals surface area (Å²) in [7, 11) is 4.44. The van der Waals surface area contributed by atoms with Crippen LogP contribution in [0.25, 0.3) is 0 Å². The monoisotopic (exact) mass is 244 g/mol. The molecule has 1 aliphatic heterocycles. The second-order valence-electron chi connectivity index (χ2n) is 6.39. The summed E-state index contributed by atoms with van der Waals surface area (Å²) in [6.45, 7) is 10.3. The van der Waals surface area contributed by atoms with Gasteiger partial charge in [-0.2, -0.15) is 11.8 Å². The van der Waals surface area contributed by atoms with Crippen molar-refractivity contribution < 1.29 is 0 Å². The van der Waals surface area contributed by atoms with Crippen molar-refractivity contribution in [2.75, 3.05) is 32.1 Å². The van der Waals surface area contributed by atoms with E-state index in [2.05, 4.69) is 63.8 Å². The quantitative estimate of drug-likeness (QED) is 0.818. The summed E-state index contributed by atoms with van der Waals surface area (Å²) in [6.07, 6.45) is 1.31. The van der Waals surface area contributed by atoms with Crippen molar-refractivity contribution in [1.82, 2.24) is 10.2 Å². The van der Waals surface area contributed by atoms with E-state index in [0.29, 0.717) is 17.0 Å². The van der Waals surface area contributed by atoms with Crippen LogP contribution in [0.2, 0.25) is 0 Å². The Morgan fingerprint density at radius 1 is 1.38 bits per heavy atom. The van der Waals surface area contributed by atoms with E-state index in [1.54, 1.807) is 0 Å². The molecule has 0 amide bonds. The molecule has 0 radical (unpaired) electrons. The minimum atomic E-state index is 0.346. The fourth-order valence-corrected chi connectivity index (χ4v) is 3.45. The second-order valence-corrected chi connectivity index (χ2v) is 7.50. The molecule has 1 rings (SSSR count). The molecule has 1 aliphatic rings. The van der Waals surface area contributed by atoms with E-state index in [4.69, 9.17) is 0 Å². The van der Waals surface area contributed by atoms with Crippen LogP contribution in [0.15, 0.2) is 0 Å². The standard InChI is InChI=1S/C13H28N2S/c1-11(12(2,3)4)14-9-13(15(5)6)7-8-16-10-13/h11,14H,7-10H2,1-6H3. The second kappa shape index (κ2) is 5.28. The summed E-state index contributed by atoms with van der Waals surface area (Å²) in [5, 5.41) is 3.73. The van der Waals surface area contributed by atoms with E-state index < -0.39 is 0 Å². The molecule has 1 fully saturated rings. The molecule has 0 aromatic carbocycles. The van der Waals surface area contributed by atoms with Crippen LogP contribution in [-0.2, 0) is 0 Å². The summed E-state index contributed by atoms with van der Waals surface area (Å²) in [4.78, 5) is 2.41. The maximum atomic E-state index is 3.73. The van der Waals surface area contributed by atoms with Gasteiger partial charge in [0.15, 0.2) is 0 Å². The van der Waals surface area contributed by atoms with Crippen LogP contribution in [-0.4, -0.2) is 48.6 Å². The summed E-state index contributed by atoms with van der Waals surface area (Å²) in [5.41, 5.74) is 0.726. The predicted molar refractivity (Wildman–Crippen MR) is 75.3 cm³/mol. The van der Waals surface area contributed by atoms with Gasteiger partial charge < -0.3 is 10.2 Å². The zero-order chi connectivity index (χ0) is 12.4. The Hall–Kier alpha value is 0.270. The summed E-state index contributed by atoms with van der Waals surface area (Å²) in [6, 6.07) is 0.565. The Morgan fingerprint density at radius 3 is 2.38 bits per heavy atom. The fourth-order valence-electron chi connectivity index (χ4n) is 1.90. The first-order chi connectivity index (χ1) is 7.28.